The van der Waals surface area contributed by atoms with Crippen molar-refractivity contribution in [3.8, 4) is 0 Å². The molecular weight excluding hydrogens is 262 g/mol. The van der Waals surface area contributed by atoms with Crippen LogP contribution < -0.4 is 15.5 Å². The maximum absolute atomic E-state index is 4.38. The minimum absolute atomic E-state index is 0.769. The van der Waals surface area contributed by atoms with Crippen LogP contribution in [0.1, 0.15) is 12.2 Å². The lowest BCUT2D eigenvalue weighted by Gasteiger charge is -2.19. The molecule has 2 N–H and O–H groups in total. The highest BCUT2D eigenvalue weighted by Gasteiger charge is 2.01. The van der Waals surface area contributed by atoms with Crippen molar-refractivity contribution >= 4 is 17.3 Å². The summed E-state index contributed by atoms with van der Waals surface area (Å²) in [6.07, 6.45) is 1.04. The van der Waals surface area contributed by atoms with Gasteiger partial charge in [0.15, 0.2) is 0 Å². The zero-order chi connectivity index (χ0) is 15.1. The number of nitrogens with one attached hydrogen (secondary N) is 2. The maximum atomic E-state index is 4.38. The molecule has 1 aromatic carbocycles. The Labute approximate surface area is 126 Å². The molecule has 0 fully saturated rings. The van der Waals surface area contributed by atoms with Gasteiger partial charge >= 0.3 is 0 Å². The summed E-state index contributed by atoms with van der Waals surface area (Å²) in [6.45, 7) is 3.78. The van der Waals surface area contributed by atoms with Crippen LogP contribution in [0, 0.1) is 6.92 Å². The van der Waals surface area contributed by atoms with Gasteiger partial charge in [-0.2, -0.15) is 0 Å². The fourth-order valence-corrected chi connectivity index (χ4v) is 2.13. The van der Waals surface area contributed by atoms with Gasteiger partial charge in [0.05, 0.1) is 0 Å². The van der Waals surface area contributed by atoms with Crippen LogP contribution >= 0.6 is 0 Å². The molecule has 0 radical (unpaired) electrons. The van der Waals surface area contributed by atoms with Gasteiger partial charge in [0, 0.05) is 38.9 Å². The van der Waals surface area contributed by atoms with Gasteiger partial charge in [-0.15, -0.1) is 0 Å². The Bertz CT molecular complexity index is 556. The second-order valence-corrected chi connectivity index (χ2v) is 4.97. The Morgan fingerprint density at radius 2 is 1.81 bits per heavy atom. The molecule has 0 saturated carbocycles. The second-order valence-electron chi connectivity index (χ2n) is 4.97. The maximum Gasteiger partial charge on any atom is 0.131 e. The summed E-state index contributed by atoms with van der Waals surface area (Å²) in [6, 6.07) is 12.3. The monoisotopic (exact) mass is 285 g/mol. The Balaban J connectivity index is 1.78. The summed E-state index contributed by atoms with van der Waals surface area (Å²) >= 11 is 0. The molecule has 1 heterocycles. The molecule has 21 heavy (non-hydrogen) atoms. The Morgan fingerprint density at radius 1 is 1.10 bits per heavy atom. The number of benzene rings is 1. The molecular formula is C16H23N5. The molecule has 0 aliphatic heterocycles. The third-order valence-electron chi connectivity index (χ3n) is 3.27. The van der Waals surface area contributed by atoms with Gasteiger partial charge in [0.25, 0.3) is 0 Å². The molecule has 0 aliphatic carbocycles. The number of anilines is 3. The van der Waals surface area contributed by atoms with E-state index in [9.17, 15) is 0 Å². The van der Waals surface area contributed by atoms with E-state index in [-0.39, 0.29) is 0 Å². The van der Waals surface area contributed by atoms with E-state index in [4.69, 9.17) is 0 Å². The lowest BCUT2D eigenvalue weighted by molar-refractivity contribution is 0.813. The van der Waals surface area contributed by atoms with Crippen molar-refractivity contribution in [1.82, 2.24) is 9.97 Å². The predicted octanol–water partition coefficient (Wildman–Crippen LogP) is 2.77. The first kappa shape index (κ1) is 15.1. The third kappa shape index (κ3) is 4.63. The highest BCUT2D eigenvalue weighted by Crippen LogP contribution is 2.12. The van der Waals surface area contributed by atoms with Crippen molar-refractivity contribution in [3.63, 3.8) is 0 Å². The van der Waals surface area contributed by atoms with Gasteiger partial charge in [0.2, 0.25) is 0 Å². The van der Waals surface area contributed by atoms with Gasteiger partial charge in [-0.25, -0.2) is 9.97 Å². The molecule has 5 nitrogen and oxygen atoms in total. The van der Waals surface area contributed by atoms with Crippen molar-refractivity contribution in [3.05, 3.63) is 42.2 Å². The van der Waals surface area contributed by atoms with Gasteiger partial charge in [-0.05, 0) is 25.5 Å². The minimum Gasteiger partial charge on any atom is -0.375 e. The molecule has 0 bridgehead atoms. The van der Waals surface area contributed by atoms with Crippen LogP contribution in [0.15, 0.2) is 36.4 Å². The lowest BCUT2D eigenvalue weighted by Crippen LogP contribution is -2.20. The van der Waals surface area contributed by atoms with Crippen LogP contribution in [0.3, 0.4) is 0 Å². The fourth-order valence-electron chi connectivity index (χ4n) is 2.13. The van der Waals surface area contributed by atoms with Crippen LogP contribution in [0.5, 0.6) is 0 Å². The van der Waals surface area contributed by atoms with E-state index in [0.717, 1.165) is 37.0 Å². The van der Waals surface area contributed by atoms with Crippen LogP contribution in [0.2, 0.25) is 0 Å². The number of aryl methyl sites for hydroxylation is 1. The smallest absolute Gasteiger partial charge is 0.131 e. The Hall–Kier alpha value is -2.30. The molecule has 2 rings (SSSR count). The number of aromatic nitrogens is 2. The fraction of sp³-hybridized carbons (Fsp3) is 0.375. The van der Waals surface area contributed by atoms with Crippen molar-refractivity contribution in [2.24, 2.45) is 0 Å². The summed E-state index contributed by atoms with van der Waals surface area (Å²) in [5, 5.41) is 6.39. The SMILES string of the molecule is CNc1cc(NCCCN(C)c2ccccc2)nc(C)n1. The van der Waals surface area contributed by atoms with E-state index in [2.05, 4.69) is 56.8 Å². The molecule has 2 aromatic rings. The van der Waals surface area contributed by atoms with Gasteiger partial charge < -0.3 is 15.5 Å². The highest BCUT2D eigenvalue weighted by atomic mass is 15.1. The van der Waals surface area contributed by atoms with Crippen LogP contribution in [-0.4, -0.2) is 37.2 Å². The summed E-state index contributed by atoms with van der Waals surface area (Å²) in [4.78, 5) is 10.9. The van der Waals surface area contributed by atoms with Crippen molar-refractivity contribution in [1.29, 1.82) is 0 Å². The Morgan fingerprint density at radius 3 is 2.52 bits per heavy atom. The molecule has 0 unspecified atom stereocenters. The van der Waals surface area contributed by atoms with Crippen LogP contribution in [0.25, 0.3) is 0 Å². The van der Waals surface area contributed by atoms with Gasteiger partial charge in [0.1, 0.15) is 17.5 Å². The summed E-state index contributed by atoms with van der Waals surface area (Å²) in [5.41, 5.74) is 1.24. The number of para-hydroxylation sites is 1. The average Bonchev–Trinajstić information content (AvgIpc) is 2.51. The Kier molecular flexibility index (Phi) is 5.37. The molecule has 0 saturated heterocycles. The van der Waals surface area contributed by atoms with E-state index >= 15 is 0 Å². The normalized spacial score (nSPS) is 10.2. The summed E-state index contributed by atoms with van der Waals surface area (Å²) < 4.78 is 0. The summed E-state index contributed by atoms with van der Waals surface area (Å²) in [7, 11) is 3.98. The first-order valence-corrected chi connectivity index (χ1v) is 7.22. The van der Waals surface area contributed by atoms with E-state index in [0.29, 0.717) is 0 Å². The molecule has 1 aromatic heterocycles. The largest absolute Gasteiger partial charge is 0.375 e. The topological polar surface area (TPSA) is 53.1 Å². The summed E-state index contributed by atoms with van der Waals surface area (Å²) in [5.74, 6) is 2.48. The average molecular weight is 285 g/mol. The number of hydrogen-bond donors (Lipinski definition) is 2. The lowest BCUT2D eigenvalue weighted by atomic mass is 10.3. The van der Waals surface area contributed by atoms with E-state index in [1.165, 1.54) is 5.69 Å². The van der Waals surface area contributed by atoms with Crippen molar-refractivity contribution < 1.29 is 0 Å². The predicted molar refractivity (Wildman–Crippen MR) is 89.1 cm³/mol. The third-order valence-corrected chi connectivity index (χ3v) is 3.27. The standard InChI is InChI=1S/C16H23N5/c1-13-19-15(17-2)12-16(20-13)18-10-7-11-21(3)14-8-5-4-6-9-14/h4-6,8-9,12H,7,10-11H2,1-3H3,(H2,17,18,19,20). The zero-order valence-electron chi connectivity index (χ0n) is 12.9. The number of hydrogen-bond acceptors (Lipinski definition) is 5. The van der Waals surface area contributed by atoms with Crippen LogP contribution in [-0.2, 0) is 0 Å². The van der Waals surface area contributed by atoms with E-state index in [1.807, 2.05) is 26.1 Å². The first-order chi connectivity index (χ1) is 10.2. The molecule has 0 amide bonds. The van der Waals surface area contributed by atoms with E-state index in [1.54, 1.807) is 0 Å². The second kappa shape index (κ2) is 7.47. The number of rotatable bonds is 7. The van der Waals surface area contributed by atoms with Gasteiger partial charge in [-0.3, -0.25) is 0 Å². The minimum atomic E-state index is 0.769. The quantitative estimate of drug-likeness (QED) is 0.766. The number of nitrogens with zero attached hydrogens (tertiary/aromatic N) is 3. The molecule has 112 valence electrons. The van der Waals surface area contributed by atoms with Crippen molar-refractivity contribution in [2.45, 2.75) is 13.3 Å². The molecule has 0 spiro atoms. The van der Waals surface area contributed by atoms with Gasteiger partial charge in [-0.1, -0.05) is 18.2 Å². The first-order valence-electron chi connectivity index (χ1n) is 7.22. The highest BCUT2D eigenvalue weighted by molar-refractivity contribution is 5.47. The zero-order valence-corrected chi connectivity index (χ0v) is 12.9. The van der Waals surface area contributed by atoms with Crippen LogP contribution in [0.4, 0.5) is 17.3 Å². The molecule has 0 aliphatic rings. The molecule has 0 atom stereocenters. The van der Waals surface area contributed by atoms with E-state index < -0.39 is 0 Å². The molecule has 5 heteroatoms. The van der Waals surface area contributed by atoms with Crippen molar-refractivity contribution in [2.75, 3.05) is 42.7 Å².